The lowest BCUT2D eigenvalue weighted by Gasteiger charge is -2.17. The number of halogens is 1. The van der Waals surface area contributed by atoms with Gasteiger partial charge < -0.3 is 9.64 Å². The summed E-state index contributed by atoms with van der Waals surface area (Å²) in [5.41, 5.74) is 4.07. The number of terminal acetylenes is 1. The van der Waals surface area contributed by atoms with Gasteiger partial charge >= 0.3 is 5.97 Å². The maximum absolute atomic E-state index is 14.7. The Morgan fingerprint density at radius 1 is 1.39 bits per heavy atom. The third kappa shape index (κ3) is 7.20. The fraction of sp³-hybridized carbons (Fsp3) is 0.409. The van der Waals surface area contributed by atoms with Crippen LogP contribution in [0.5, 0.6) is 0 Å². The first-order valence-electron chi connectivity index (χ1n) is 10.1. The second-order valence-corrected chi connectivity index (χ2v) is 6.96. The minimum Gasteiger partial charge on any atom is -0.466 e. The summed E-state index contributed by atoms with van der Waals surface area (Å²) in [5.74, 6) is -0.902. The van der Waals surface area contributed by atoms with Crippen molar-refractivity contribution in [2.75, 3.05) is 45.9 Å². The zero-order valence-corrected chi connectivity index (χ0v) is 18.2. The molecular weight excluding hydrogens is 399 g/mol. The van der Waals surface area contributed by atoms with Gasteiger partial charge in [-0.25, -0.2) is 24.5 Å². The fourth-order valence-electron chi connectivity index (χ4n) is 2.95. The van der Waals surface area contributed by atoms with Crippen molar-refractivity contribution in [2.45, 2.75) is 19.8 Å². The molecular formula is C22H29FN6O2. The molecule has 166 valence electrons. The Balaban J connectivity index is 2.45. The van der Waals surface area contributed by atoms with E-state index in [4.69, 9.17) is 11.2 Å². The first kappa shape index (κ1) is 24.1. The number of rotatable bonds is 11. The highest BCUT2D eigenvalue weighted by Gasteiger charge is 2.18. The molecule has 2 N–H and O–H groups in total. The van der Waals surface area contributed by atoms with E-state index >= 15 is 0 Å². The largest absolute Gasteiger partial charge is 0.466 e. The lowest BCUT2D eigenvalue weighted by molar-refractivity contribution is -0.142. The normalized spacial score (nSPS) is 11.4. The second-order valence-electron chi connectivity index (χ2n) is 6.96. The molecule has 0 unspecified atom stereocenters. The average Bonchev–Trinajstić information content (AvgIpc) is 2.73. The SMILES string of the molecule is C#CNn1c(-c2ccccc2F)c(CC(=O)OCC)cn/c1=N/CNCCCN(C)C. The van der Waals surface area contributed by atoms with E-state index in [1.54, 1.807) is 25.1 Å². The van der Waals surface area contributed by atoms with Gasteiger partial charge in [-0.2, -0.15) is 0 Å². The molecule has 0 aliphatic carbocycles. The highest BCUT2D eigenvalue weighted by atomic mass is 19.1. The van der Waals surface area contributed by atoms with Gasteiger partial charge in [0.1, 0.15) is 5.82 Å². The lowest BCUT2D eigenvalue weighted by Crippen LogP contribution is -2.34. The number of hydrogen-bond acceptors (Lipinski definition) is 7. The Bertz CT molecular complexity index is 981. The van der Waals surface area contributed by atoms with Crippen molar-refractivity contribution in [3.63, 3.8) is 0 Å². The summed E-state index contributed by atoms with van der Waals surface area (Å²) in [4.78, 5) is 23.0. The molecule has 0 radical (unpaired) electrons. The standard InChI is InChI=1S/C22H29FN6O2/c1-5-27-29-21(18-10-7-8-11-19(18)23)17(14-20(30)31-6-2)15-25-22(29)26-16-24-12-9-13-28(3)4/h1,7-8,10-11,15,24,27H,6,9,12-14,16H2,2-4H3/b26-22-. The summed E-state index contributed by atoms with van der Waals surface area (Å²) >= 11 is 0. The van der Waals surface area contributed by atoms with Crippen molar-refractivity contribution in [1.29, 1.82) is 0 Å². The van der Waals surface area contributed by atoms with Crippen molar-refractivity contribution in [1.82, 2.24) is 19.9 Å². The third-order valence-electron chi connectivity index (χ3n) is 4.30. The molecule has 0 amide bonds. The van der Waals surface area contributed by atoms with E-state index < -0.39 is 11.8 Å². The van der Waals surface area contributed by atoms with Crippen molar-refractivity contribution >= 4 is 5.97 Å². The molecule has 0 saturated carbocycles. The average molecular weight is 429 g/mol. The van der Waals surface area contributed by atoms with Crippen LogP contribution in [0.1, 0.15) is 18.9 Å². The Hall–Kier alpha value is -3.22. The Morgan fingerprint density at radius 2 is 2.16 bits per heavy atom. The van der Waals surface area contributed by atoms with Crippen molar-refractivity contribution in [3.05, 3.63) is 47.5 Å². The summed E-state index contributed by atoms with van der Waals surface area (Å²) < 4.78 is 21.1. The molecule has 1 heterocycles. The number of carbonyl (C=O) groups excluding carboxylic acids is 1. The molecule has 0 atom stereocenters. The predicted molar refractivity (Wildman–Crippen MR) is 118 cm³/mol. The van der Waals surface area contributed by atoms with E-state index in [-0.39, 0.29) is 24.2 Å². The molecule has 0 aliphatic heterocycles. The van der Waals surface area contributed by atoms with E-state index in [9.17, 15) is 9.18 Å². The first-order chi connectivity index (χ1) is 15.0. The van der Waals surface area contributed by atoms with Crippen LogP contribution >= 0.6 is 0 Å². The summed E-state index contributed by atoms with van der Waals surface area (Å²) in [7, 11) is 4.04. The fourth-order valence-corrected chi connectivity index (χ4v) is 2.95. The summed E-state index contributed by atoms with van der Waals surface area (Å²) in [6.07, 6.45) is 7.86. The van der Waals surface area contributed by atoms with Gasteiger partial charge in [0.05, 0.1) is 25.4 Å². The van der Waals surface area contributed by atoms with Crippen LogP contribution in [0.2, 0.25) is 0 Å². The van der Waals surface area contributed by atoms with Gasteiger partial charge in [0.25, 0.3) is 0 Å². The molecule has 1 aromatic carbocycles. The minimum atomic E-state index is -0.459. The molecule has 0 aliphatic rings. The summed E-state index contributed by atoms with van der Waals surface area (Å²) in [6.45, 7) is 4.02. The van der Waals surface area contributed by atoms with Crippen LogP contribution in [-0.2, 0) is 16.0 Å². The molecule has 0 fully saturated rings. The molecule has 0 spiro atoms. The van der Waals surface area contributed by atoms with Crippen LogP contribution in [0, 0.1) is 18.3 Å². The van der Waals surface area contributed by atoms with E-state index in [1.807, 2.05) is 14.1 Å². The van der Waals surface area contributed by atoms with E-state index in [0.29, 0.717) is 17.9 Å². The number of esters is 1. The van der Waals surface area contributed by atoms with Gasteiger partial charge in [0.15, 0.2) is 0 Å². The first-order valence-corrected chi connectivity index (χ1v) is 10.1. The van der Waals surface area contributed by atoms with Gasteiger partial charge in [-0.15, -0.1) is 0 Å². The summed E-state index contributed by atoms with van der Waals surface area (Å²) in [5, 5.41) is 3.22. The highest BCUT2D eigenvalue weighted by Crippen LogP contribution is 2.25. The number of nitrogens with zero attached hydrogens (tertiary/aromatic N) is 4. The van der Waals surface area contributed by atoms with Crippen LogP contribution in [0.15, 0.2) is 35.5 Å². The maximum atomic E-state index is 14.7. The lowest BCUT2D eigenvalue weighted by atomic mass is 10.0. The highest BCUT2D eigenvalue weighted by molar-refractivity contribution is 5.76. The van der Waals surface area contributed by atoms with Crippen molar-refractivity contribution in [3.8, 4) is 23.7 Å². The maximum Gasteiger partial charge on any atom is 0.310 e. The topological polar surface area (TPSA) is 83.8 Å². The van der Waals surface area contributed by atoms with Gasteiger partial charge in [-0.05, 0) is 52.7 Å². The molecule has 31 heavy (non-hydrogen) atoms. The smallest absolute Gasteiger partial charge is 0.310 e. The Morgan fingerprint density at radius 3 is 2.84 bits per heavy atom. The predicted octanol–water partition coefficient (Wildman–Crippen LogP) is 1.33. The zero-order valence-electron chi connectivity index (χ0n) is 18.2. The monoisotopic (exact) mass is 428 g/mol. The van der Waals surface area contributed by atoms with Crippen molar-refractivity contribution in [2.24, 2.45) is 4.99 Å². The molecule has 8 nitrogen and oxygen atoms in total. The number of nitrogens with one attached hydrogen (secondary N) is 2. The summed E-state index contributed by atoms with van der Waals surface area (Å²) in [6, 6.07) is 8.58. The molecule has 2 aromatic rings. The van der Waals surface area contributed by atoms with E-state index in [2.05, 4.69) is 31.7 Å². The van der Waals surface area contributed by atoms with Gasteiger partial charge in [-0.3, -0.25) is 10.1 Å². The number of carbonyl (C=O) groups is 1. The zero-order chi connectivity index (χ0) is 22.6. The quantitative estimate of drug-likeness (QED) is 0.243. The molecule has 0 bridgehead atoms. The van der Waals surface area contributed by atoms with Gasteiger partial charge in [0, 0.05) is 23.4 Å². The Labute approximate surface area is 182 Å². The van der Waals surface area contributed by atoms with Crippen LogP contribution in [0.25, 0.3) is 11.3 Å². The number of ether oxygens (including phenoxy) is 1. The van der Waals surface area contributed by atoms with E-state index in [0.717, 1.165) is 19.5 Å². The minimum absolute atomic E-state index is 0.0835. The number of benzene rings is 1. The van der Waals surface area contributed by atoms with E-state index in [1.165, 1.54) is 16.9 Å². The number of aromatic nitrogens is 2. The van der Waals surface area contributed by atoms with Gasteiger partial charge in [-0.1, -0.05) is 18.6 Å². The van der Waals surface area contributed by atoms with Crippen LogP contribution < -0.4 is 16.4 Å². The second kappa shape index (κ2) is 12.5. The van der Waals surface area contributed by atoms with Crippen molar-refractivity contribution < 1.29 is 13.9 Å². The van der Waals surface area contributed by atoms with Crippen LogP contribution in [0.4, 0.5) is 4.39 Å². The molecule has 1 aromatic heterocycles. The molecule has 9 heteroatoms. The van der Waals surface area contributed by atoms with Gasteiger partial charge in [0.2, 0.25) is 5.62 Å². The third-order valence-corrected chi connectivity index (χ3v) is 4.30. The molecule has 2 rings (SSSR count). The van der Waals surface area contributed by atoms with Crippen LogP contribution in [0.3, 0.4) is 0 Å². The number of hydrogen-bond donors (Lipinski definition) is 2. The molecule has 0 saturated heterocycles. The van der Waals surface area contributed by atoms with Crippen LogP contribution in [-0.4, -0.2) is 61.0 Å². The Kier molecular flexibility index (Phi) is 9.68.